The molecule has 0 aromatic heterocycles. The largest absolute Gasteiger partial charge is 0.497 e. The summed E-state index contributed by atoms with van der Waals surface area (Å²) >= 11 is 0. The Bertz CT molecular complexity index is 621. The number of hydrogen-bond donors (Lipinski definition) is 2. The monoisotopic (exact) mass is 347 g/mol. The van der Waals surface area contributed by atoms with Crippen molar-refractivity contribution >= 4 is 17.5 Å². The molecule has 2 fully saturated rings. The second-order valence-electron chi connectivity index (χ2n) is 6.45. The Labute approximate surface area is 147 Å². The number of rotatable bonds is 5. The van der Waals surface area contributed by atoms with Gasteiger partial charge in [0.2, 0.25) is 11.8 Å². The molecule has 2 atom stereocenters. The third kappa shape index (κ3) is 3.87. The Kier molecular flexibility index (Phi) is 5.43. The molecule has 2 heterocycles. The fraction of sp³-hybridized carbons (Fsp3) is 0.556. The Balaban J connectivity index is 1.68. The van der Waals surface area contributed by atoms with Crippen LogP contribution in [0.2, 0.25) is 0 Å². The smallest absolute Gasteiger partial charge is 0.249 e. The van der Waals surface area contributed by atoms with E-state index >= 15 is 0 Å². The number of ether oxygens (including phenoxy) is 2. The molecule has 2 saturated heterocycles. The number of carbonyl (C=O) groups is 2. The highest BCUT2D eigenvalue weighted by Crippen LogP contribution is 2.31. The minimum absolute atomic E-state index is 0.0318. The van der Waals surface area contributed by atoms with Gasteiger partial charge in [0.05, 0.1) is 25.8 Å². The van der Waals surface area contributed by atoms with Crippen LogP contribution in [0.3, 0.4) is 0 Å². The SMILES string of the molecule is COc1cc(OC)cc(N2CCC(NC(=O)C3CCCNC3)C2=O)c1. The van der Waals surface area contributed by atoms with Crippen molar-refractivity contribution in [2.45, 2.75) is 25.3 Å². The quantitative estimate of drug-likeness (QED) is 0.828. The zero-order chi connectivity index (χ0) is 17.8. The second-order valence-corrected chi connectivity index (χ2v) is 6.45. The Morgan fingerprint density at radius 2 is 1.92 bits per heavy atom. The summed E-state index contributed by atoms with van der Waals surface area (Å²) in [5.41, 5.74) is 0.720. The zero-order valence-corrected chi connectivity index (χ0v) is 14.7. The summed E-state index contributed by atoms with van der Waals surface area (Å²) in [6.07, 6.45) is 2.47. The van der Waals surface area contributed by atoms with Crippen molar-refractivity contribution in [2.75, 3.05) is 38.8 Å². The highest BCUT2D eigenvalue weighted by atomic mass is 16.5. The molecule has 0 radical (unpaired) electrons. The lowest BCUT2D eigenvalue weighted by molar-refractivity contribution is -0.129. The minimum atomic E-state index is -0.466. The summed E-state index contributed by atoms with van der Waals surface area (Å²) in [6, 6.07) is 4.90. The van der Waals surface area contributed by atoms with Crippen LogP contribution in [0.1, 0.15) is 19.3 Å². The standard InChI is InChI=1S/C18H25N3O4/c1-24-14-8-13(9-15(10-14)25-2)21-7-5-16(18(21)23)20-17(22)12-4-3-6-19-11-12/h8-10,12,16,19H,3-7,11H2,1-2H3,(H,20,22). The third-order valence-corrected chi connectivity index (χ3v) is 4.84. The summed E-state index contributed by atoms with van der Waals surface area (Å²) in [4.78, 5) is 26.8. The molecular formula is C18H25N3O4. The van der Waals surface area contributed by atoms with Gasteiger partial charge < -0.3 is 25.0 Å². The molecule has 1 aromatic carbocycles. The molecule has 2 amide bonds. The van der Waals surface area contributed by atoms with Gasteiger partial charge in [0.1, 0.15) is 17.5 Å². The molecule has 2 unspecified atom stereocenters. The molecule has 2 aliphatic heterocycles. The van der Waals surface area contributed by atoms with Crippen molar-refractivity contribution < 1.29 is 19.1 Å². The fourth-order valence-corrected chi connectivity index (χ4v) is 3.38. The number of nitrogens with one attached hydrogen (secondary N) is 2. The first-order chi connectivity index (χ1) is 12.1. The normalized spacial score (nSPS) is 23.4. The van der Waals surface area contributed by atoms with E-state index in [4.69, 9.17) is 9.47 Å². The van der Waals surface area contributed by atoms with Gasteiger partial charge >= 0.3 is 0 Å². The Morgan fingerprint density at radius 3 is 2.52 bits per heavy atom. The molecular weight excluding hydrogens is 322 g/mol. The lowest BCUT2D eigenvalue weighted by Gasteiger charge is -2.23. The van der Waals surface area contributed by atoms with Crippen molar-refractivity contribution in [1.82, 2.24) is 10.6 Å². The van der Waals surface area contributed by atoms with E-state index < -0.39 is 6.04 Å². The molecule has 0 spiro atoms. The van der Waals surface area contributed by atoms with Gasteiger partial charge in [0.25, 0.3) is 0 Å². The van der Waals surface area contributed by atoms with Gasteiger partial charge in [-0.25, -0.2) is 0 Å². The van der Waals surface area contributed by atoms with Crippen LogP contribution < -0.4 is 25.0 Å². The summed E-state index contributed by atoms with van der Waals surface area (Å²) in [5, 5.41) is 6.15. The number of carbonyl (C=O) groups excluding carboxylic acids is 2. The maximum Gasteiger partial charge on any atom is 0.249 e. The summed E-state index contributed by atoms with van der Waals surface area (Å²) in [6.45, 7) is 2.20. The van der Waals surface area contributed by atoms with Gasteiger partial charge in [-0.1, -0.05) is 0 Å². The first kappa shape index (κ1) is 17.5. The molecule has 136 valence electrons. The number of amides is 2. The summed E-state index contributed by atoms with van der Waals surface area (Å²) in [7, 11) is 3.15. The van der Waals surface area contributed by atoms with Crippen molar-refractivity contribution in [2.24, 2.45) is 5.92 Å². The van der Waals surface area contributed by atoms with E-state index in [1.807, 2.05) is 0 Å². The molecule has 2 N–H and O–H groups in total. The lowest BCUT2D eigenvalue weighted by atomic mass is 9.98. The minimum Gasteiger partial charge on any atom is -0.497 e. The van der Waals surface area contributed by atoms with Crippen LogP contribution in [-0.2, 0) is 9.59 Å². The van der Waals surface area contributed by atoms with Crippen LogP contribution in [0.4, 0.5) is 5.69 Å². The Hall–Kier alpha value is -2.28. The van der Waals surface area contributed by atoms with Crippen molar-refractivity contribution in [1.29, 1.82) is 0 Å². The van der Waals surface area contributed by atoms with Crippen LogP contribution in [0.5, 0.6) is 11.5 Å². The van der Waals surface area contributed by atoms with Gasteiger partial charge in [0, 0.05) is 31.3 Å². The topological polar surface area (TPSA) is 79.9 Å². The van der Waals surface area contributed by atoms with Crippen LogP contribution >= 0.6 is 0 Å². The van der Waals surface area contributed by atoms with E-state index in [1.165, 1.54) is 0 Å². The van der Waals surface area contributed by atoms with E-state index in [9.17, 15) is 9.59 Å². The first-order valence-corrected chi connectivity index (χ1v) is 8.68. The van der Waals surface area contributed by atoms with Crippen molar-refractivity contribution in [3.05, 3.63) is 18.2 Å². The molecule has 0 saturated carbocycles. The number of benzene rings is 1. The highest BCUT2D eigenvalue weighted by Gasteiger charge is 2.35. The van der Waals surface area contributed by atoms with Crippen LogP contribution in [0.25, 0.3) is 0 Å². The first-order valence-electron chi connectivity index (χ1n) is 8.68. The van der Waals surface area contributed by atoms with E-state index in [0.717, 1.165) is 25.1 Å². The Morgan fingerprint density at radius 1 is 1.20 bits per heavy atom. The lowest BCUT2D eigenvalue weighted by Crippen LogP contribution is -2.47. The average molecular weight is 347 g/mol. The molecule has 7 heteroatoms. The number of methoxy groups -OCH3 is 2. The maximum atomic E-state index is 12.7. The van der Waals surface area contributed by atoms with Gasteiger partial charge in [-0.3, -0.25) is 9.59 Å². The van der Waals surface area contributed by atoms with E-state index in [2.05, 4.69) is 10.6 Å². The molecule has 1 aromatic rings. The van der Waals surface area contributed by atoms with Gasteiger partial charge in [-0.05, 0) is 25.8 Å². The van der Waals surface area contributed by atoms with Crippen LogP contribution in [-0.4, -0.2) is 51.7 Å². The number of nitrogens with zero attached hydrogens (tertiary/aromatic N) is 1. The second kappa shape index (κ2) is 7.74. The van der Waals surface area contributed by atoms with Crippen molar-refractivity contribution in [3.63, 3.8) is 0 Å². The predicted octanol–water partition coefficient (Wildman–Crippen LogP) is 0.925. The molecule has 7 nitrogen and oxygen atoms in total. The molecule has 3 rings (SSSR count). The fourth-order valence-electron chi connectivity index (χ4n) is 3.38. The molecule has 25 heavy (non-hydrogen) atoms. The molecule has 0 bridgehead atoms. The average Bonchev–Trinajstić information content (AvgIpc) is 3.02. The number of anilines is 1. The summed E-state index contributed by atoms with van der Waals surface area (Å²) in [5.74, 6) is 1.08. The summed E-state index contributed by atoms with van der Waals surface area (Å²) < 4.78 is 10.5. The predicted molar refractivity (Wildman–Crippen MR) is 94.0 cm³/mol. The third-order valence-electron chi connectivity index (χ3n) is 4.84. The van der Waals surface area contributed by atoms with Crippen LogP contribution in [0, 0.1) is 5.92 Å². The number of piperidine rings is 1. The van der Waals surface area contributed by atoms with E-state index in [0.29, 0.717) is 31.0 Å². The molecule has 0 aliphatic carbocycles. The maximum absolute atomic E-state index is 12.7. The molecule has 2 aliphatic rings. The number of hydrogen-bond acceptors (Lipinski definition) is 5. The van der Waals surface area contributed by atoms with E-state index in [1.54, 1.807) is 37.3 Å². The van der Waals surface area contributed by atoms with E-state index in [-0.39, 0.29) is 17.7 Å². The van der Waals surface area contributed by atoms with Gasteiger partial charge in [-0.2, -0.15) is 0 Å². The van der Waals surface area contributed by atoms with Gasteiger partial charge in [-0.15, -0.1) is 0 Å². The highest BCUT2D eigenvalue weighted by molar-refractivity contribution is 6.01. The van der Waals surface area contributed by atoms with Crippen molar-refractivity contribution in [3.8, 4) is 11.5 Å². The van der Waals surface area contributed by atoms with Gasteiger partial charge in [0.15, 0.2) is 0 Å². The van der Waals surface area contributed by atoms with Crippen LogP contribution in [0.15, 0.2) is 18.2 Å². The zero-order valence-electron chi connectivity index (χ0n) is 14.7.